The molecule has 0 atom stereocenters. The van der Waals surface area contributed by atoms with Crippen LogP contribution in [-0.4, -0.2) is 10.2 Å². The fraction of sp³-hybridized carbons (Fsp3) is 0. The van der Waals surface area contributed by atoms with Crippen LogP contribution in [0.5, 0.6) is 11.5 Å². The van der Waals surface area contributed by atoms with E-state index >= 15 is 0 Å². The molecule has 0 bridgehead atoms. The minimum absolute atomic E-state index is 0.0461. The molecule has 21 heavy (non-hydrogen) atoms. The molecule has 0 saturated carbocycles. The predicted octanol–water partition coefficient (Wildman–Crippen LogP) is 4.51. The van der Waals surface area contributed by atoms with Crippen LogP contribution >= 0.6 is 0 Å². The van der Waals surface area contributed by atoms with Crippen molar-refractivity contribution in [1.29, 1.82) is 0 Å². The number of phenolic OH excluding ortho intramolecular Hbond substituents is 2. The summed E-state index contributed by atoms with van der Waals surface area (Å²) < 4.78 is 0. The highest BCUT2D eigenvalue weighted by Gasteiger charge is 2.09. The van der Waals surface area contributed by atoms with Crippen molar-refractivity contribution in [2.45, 2.75) is 0 Å². The molecule has 3 nitrogen and oxygen atoms in total. The number of rotatable bonds is 3. The lowest BCUT2D eigenvalue weighted by atomic mass is 10.0. The van der Waals surface area contributed by atoms with Gasteiger partial charge < -0.3 is 15.5 Å². The Balaban J connectivity index is 2.03. The Kier molecular flexibility index (Phi) is 3.48. The highest BCUT2D eigenvalue weighted by molar-refractivity contribution is 5.84. The Morgan fingerprint density at radius 2 is 1.38 bits per heavy atom. The van der Waals surface area contributed by atoms with E-state index in [9.17, 15) is 10.2 Å². The lowest BCUT2D eigenvalue weighted by molar-refractivity contribution is 0.452. The molecule has 0 amide bonds. The maximum absolute atomic E-state index is 10.0. The molecule has 0 fully saturated rings. The average molecular weight is 277 g/mol. The Morgan fingerprint density at radius 3 is 2.14 bits per heavy atom. The van der Waals surface area contributed by atoms with Gasteiger partial charge in [0.25, 0.3) is 0 Å². The van der Waals surface area contributed by atoms with Crippen molar-refractivity contribution >= 4 is 11.4 Å². The second-order valence-electron chi connectivity index (χ2n) is 4.74. The first-order chi connectivity index (χ1) is 10.2. The normalized spacial score (nSPS) is 10.3. The third kappa shape index (κ3) is 2.82. The van der Waals surface area contributed by atoms with Crippen LogP contribution in [0.3, 0.4) is 0 Å². The van der Waals surface area contributed by atoms with Crippen LogP contribution in [0.25, 0.3) is 11.1 Å². The van der Waals surface area contributed by atoms with E-state index in [1.165, 1.54) is 6.07 Å². The fourth-order valence-corrected chi connectivity index (χ4v) is 2.25. The molecule has 104 valence electrons. The number of para-hydroxylation sites is 2. The smallest absolute Gasteiger partial charge is 0.127 e. The topological polar surface area (TPSA) is 52.5 Å². The molecule has 0 aliphatic heterocycles. The number of nitrogens with one attached hydrogen (secondary N) is 1. The first-order valence-electron chi connectivity index (χ1n) is 6.67. The van der Waals surface area contributed by atoms with Crippen molar-refractivity contribution in [2.75, 3.05) is 5.32 Å². The summed E-state index contributed by atoms with van der Waals surface area (Å²) in [6.45, 7) is 0. The van der Waals surface area contributed by atoms with Crippen molar-refractivity contribution < 1.29 is 10.2 Å². The summed E-state index contributed by atoms with van der Waals surface area (Å²) in [7, 11) is 0. The standard InChI is InChI=1S/C18H15NO2/c20-14-10-11-16(18(21)12-14)15-8-4-5-9-17(15)19-13-6-2-1-3-7-13/h1-12,19-21H. The zero-order chi connectivity index (χ0) is 14.7. The number of hydrogen-bond donors (Lipinski definition) is 3. The van der Waals surface area contributed by atoms with Crippen molar-refractivity contribution in [2.24, 2.45) is 0 Å². The van der Waals surface area contributed by atoms with E-state index in [1.54, 1.807) is 12.1 Å². The lowest BCUT2D eigenvalue weighted by Crippen LogP contribution is -1.93. The molecule has 0 radical (unpaired) electrons. The van der Waals surface area contributed by atoms with Crippen LogP contribution < -0.4 is 5.32 Å². The van der Waals surface area contributed by atoms with Gasteiger partial charge in [-0.25, -0.2) is 0 Å². The largest absolute Gasteiger partial charge is 0.508 e. The molecule has 0 spiro atoms. The van der Waals surface area contributed by atoms with E-state index in [1.807, 2.05) is 54.6 Å². The van der Waals surface area contributed by atoms with Gasteiger partial charge in [-0.1, -0.05) is 36.4 Å². The SMILES string of the molecule is Oc1ccc(-c2ccccc2Nc2ccccc2)c(O)c1. The van der Waals surface area contributed by atoms with Gasteiger partial charge in [0.15, 0.2) is 0 Å². The lowest BCUT2D eigenvalue weighted by Gasteiger charge is -2.13. The molecule has 3 heteroatoms. The highest BCUT2D eigenvalue weighted by Crippen LogP contribution is 2.37. The third-order valence-electron chi connectivity index (χ3n) is 3.25. The monoisotopic (exact) mass is 277 g/mol. The van der Waals surface area contributed by atoms with E-state index in [2.05, 4.69) is 5.32 Å². The minimum Gasteiger partial charge on any atom is -0.508 e. The van der Waals surface area contributed by atoms with Crippen LogP contribution in [0.1, 0.15) is 0 Å². The van der Waals surface area contributed by atoms with Crippen molar-refractivity contribution in [3.8, 4) is 22.6 Å². The molecule has 0 aromatic heterocycles. The molecule has 3 rings (SSSR count). The summed E-state index contributed by atoms with van der Waals surface area (Å²) in [5.74, 6) is 0.0991. The van der Waals surface area contributed by atoms with Crippen molar-refractivity contribution in [1.82, 2.24) is 0 Å². The van der Waals surface area contributed by atoms with Gasteiger partial charge >= 0.3 is 0 Å². The van der Waals surface area contributed by atoms with E-state index in [4.69, 9.17) is 0 Å². The second kappa shape index (κ2) is 5.59. The van der Waals surface area contributed by atoms with Crippen LogP contribution in [0, 0.1) is 0 Å². The molecule has 0 unspecified atom stereocenters. The Labute approximate surface area is 123 Å². The number of hydrogen-bond acceptors (Lipinski definition) is 3. The van der Waals surface area contributed by atoms with Gasteiger partial charge in [0.05, 0.1) is 0 Å². The molecular weight excluding hydrogens is 262 g/mol. The molecular formula is C18H15NO2. The highest BCUT2D eigenvalue weighted by atomic mass is 16.3. The van der Waals surface area contributed by atoms with Crippen LogP contribution in [0.4, 0.5) is 11.4 Å². The van der Waals surface area contributed by atoms with Crippen LogP contribution in [-0.2, 0) is 0 Å². The zero-order valence-corrected chi connectivity index (χ0v) is 11.3. The molecule has 3 aromatic carbocycles. The molecule has 0 aliphatic rings. The van der Waals surface area contributed by atoms with Gasteiger partial charge in [-0.15, -0.1) is 0 Å². The van der Waals surface area contributed by atoms with Crippen LogP contribution in [0.2, 0.25) is 0 Å². The molecule has 3 aromatic rings. The van der Waals surface area contributed by atoms with Crippen LogP contribution in [0.15, 0.2) is 72.8 Å². The summed E-state index contributed by atoms with van der Waals surface area (Å²) >= 11 is 0. The predicted molar refractivity (Wildman–Crippen MR) is 84.9 cm³/mol. The number of anilines is 2. The molecule has 3 N–H and O–H groups in total. The van der Waals surface area contributed by atoms with Gasteiger partial charge in [-0.2, -0.15) is 0 Å². The van der Waals surface area contributed by atoms with Crippen molar-refractivity contribution in [3.05, 3.63) is 72.8 Å². The quantitative estimate of drug-likeness (QED) is 0.660. The van der Waals surface area contributed by atoms with Crippen molar-refractivity contribution in [3.63, 3.8) is 0 Å². The maximum atomic E-state index is 10.0. The first-order valence-corrected chi connectivity index (χ1v) is 6.67. The van der Waals surface area contributed by atoms with E-state index in [0.29, 0.717) is 5.56 Å². The Hall–Kier alpha value is -2.94. The van der Waals surface area contributed by atoms with Gasteiger partial charge in [0.2, 0.25) is 0 Å². The third-order valence-corrected chi connectivity index (χ3v) is 3.25. The van der Waals surface area contributed by atoms with E-state index in [-0.39, 0.29) is 11.5 Å². The summed E-state index contributed by atoms with van der Waals surface area (Å²) in [4.78, 5) is 0. The van der Waals surface area contributed by atoms with Gasteiger partial charge in [0.1, 0.15) is 11.5 Å². The number of aromatic hydroxyl groups is 2. The zero-order valence-electron chi connectivity index (χ0n) is 11.3. The van der Waals surface area contributed by atoms with Gasteiger partial charge in [0, 0.05) is 28.6 Å². The molecule has 0 heterocycles. The molecule has 0 saturated heterocycles. The van der Waals surface area contributed by atoms with Gasteiger partial charge in [-0.3, -0.25) is 0 Å². The maximum Gasteiger partial charge on any atom is 0.127 e. The second-order valence-corrected chi connectivity index (χ2v) is 4.74. The summed E-state index contributed by atoms with van der Waals surface area (Å²) in [6.07, 6.45) is 0. The Bertz CT molecular complexity index is 754. The van der Waals surface area contributed by atoms with E-state index in [0.717, 1.165) is 16.9 Å². The first kappa shape index (κ1) is 13.1. The summed E-state index contributed by atoms with van der Waals surface area (Å²) in [6, 6.07) is 22.2. The van der Waals surface area contributed by atoms with E-state index < -0.39 is 0 Å². The number of benzene rings is 3. The molecule has 0 aliphatic carbocycles. The van der Waals surface area contributed by atoms with Gasteiger partial charge in [-0.05, 0) is 30.3 Å². The average Bonchev–Trinajstić information content (AvgIpc) is 2.49. The minimum atomic E-state index is 0.0461. The Morgan fingerprint density at radius 1 is 0.667 bits per heavy atom. The summed E-state index contributed by atoms with van der Waals surface area (Å²) in [5, 5.41) is 22.8. The summed E-state index contributed by atoms with van der Waals surface area (Å²) in [5.41, 5.74) is 3.42. The fourth-order valence-electron chi connectivity index (χ4n) is 2.25. The number of phenols is 2.